The fourth-order valence-electron chi connectivity index (χ4n) is 5.48. The van der Waals surface area contributed by atoms with Crippen molar-refractivity contribution in [3.63, 3.8) is 0 Å². The van der Waals surface area contributed by atoms with E-state index in [0.717, 1.165) is 11.5 Å². The minimum Gasteiger partial charge on any atom is -0.542 e. The maximum Gasteiger partial charge on any atom is 0.258 e. The van der Waals surface area contributed by atoms with Crippen LogP contribution >= 0.6 is 0 Å². The molecule has 5 heteroatoms. The Balaban J connectivity index is 2.40. The van der Waals surface area contributed by atoms with Crippen LogP contribution in [0.5, 0.6) is 11.5 Å². The van der Waals surface area contributed by atoms with Gasteiger partial charge in [-0.25, -0.2) is 0 Å². The van der Waals surface area contributed by atoms with E-state index >= 15 is 0 Å². The third kappa shape index (κ3) is 6.05. The summed E-state index contributed by atoms with van der Waals surface area (Å²) in [5, 5.41) is 0.216. The first kappa shape index (κ1) is 30.9. The molecule has 2 rings (SSSR count). The molecule has 0 saturated carbocycles. The fraction of sp³-hybridized carbons (Fsp3) is 0.677. The summed E-state index contributed by atoms with van der Waals surface area (Å²) >= 11 is 0. The molecule has 1 aromatic rings. The molecule has 0 aromatic heterocycles. The number of allylic oxidation sites excluding steroid dienone is 2. The second kappa shape index (κ2) is 11.2. The molecule has 36 heavy (non-hydrogen) atoms. The first-order valence-electron chi connectivity index (χ1n) is 13.9. The van der Waals surface area contributed by atoms with Gasteiger partial charge in [-0.15, -0.1) is 0 Å². The molecule has 0 radical (unpaired) electrons. The molecule has 0 aliphatic carbocycles. The Labute approximate surface area is 225 Å². The molecule has 0 spiro atoms. The monoisotopic (exact) mass is 530 g/mol. The summed E-state index contributed by atoms with van der Waals surface area (Å²) in [5.41, 5.74) is 3.70. The van der Waals surface area contributed by atoms with Crippen molar-refractivity contribution in [1.82, 2.24) is 0 Å². The molecule has 1 aliphatic rings. The molecule has 204 valence electrons. The molecule has 0 bridgehead atoms. The lowest BCUT2D eigenvalue weighted by molar-refractivity contribution is 0.200. The van der Waals surface area contributed by atoms with Crippen molar-refractivity contribution in [2.24, 2.45) is 0 Å². The smallest absolute Gasteiger partial charge is 0.258 e. The summed E-state index contributed by atoms with van der Waals surface area (Å²) in [7, 11) is -3.86. The molecule has 1 heterocycles. The molecule has 0 N–H and O–H groups in total. The number of fused-ring (bicyclic) bond motifs is 1. The summed E-state index contributed by atoms with van der Waals surface area (Å²) in [4.78, 5) is 0. The first-order valence-corrected chi connectivity index (χ1v) is 18.9. The van der Waals surface area contributed by atoms with Crippen LogP contribution in [0.15, 0.2) is 42.0 Å². The van der Waals surface area contributed by atoms with Crippen LogP contribution in [-0.4, -0.2) is 29.3 Å². The fourth-order valence-corrected chi connectivity index (χ4v) is 11.8. The quantitative estimate of drug-likeness (QED) is 0.222. The van der Waals surface area contributed by atoms with Gasteiger partial charge in [0.2, 0.25) is 0 Å². The van der Waals surface area contributed by atoms with Crippen LogP contribution in [0.2, 0.25) is 34.8 Å². The molecule has 0 fully saturated rings. The van der Waals surface area contributed by atoms with Crippen molar-refractivity contribution < 1.29 is 13.6 Å². The van der Waals surface area contributed by atoms with Gasteiger partial charge in [0.05, 0.1) is 12.0 Å². The Morgan fingerprint density at radius 2 is 1.61 bits per heavy atom. The number of hydrogen-bond donors (Lipinski definition) is 0. The lowest BCUT2D eigenvalue weighted by Gasteiger charge is -2.43. The molecule has 1 aliphatic heterocycles. The molecule has 0 amide bonds. The van der Waals surface area contributed by atoms with Gasteiger partial charge in [0, 0.05) is 5.56 Å². The zero-order chi connectivity index (χ0) is 27.7. The number of ether oxygens (including phenoxy) is 1. The highest BCUT2D eigenvalue weighted by atomic mass is 28.4. The largest absolute Gasteiger partial charge is 0.542 e. The molecule has 3 nitrogen and oxygen atoms in total. The van der Waals surface area contributed by atoms with Gasteiger partial charge in [-0.3, -0.25) is 0 Å². The Morgan fingerprint density at radius 3 is 2.11 bits per heavy atom. The molecule has 2 atom stereocenters. The number of benzene rings is 1. The van der Waals surface area contributed by atoms with Crippen LogP contribution in [0.4, 0.5) is 0 Å². The van der Waals surface area contributed by atoms with Crippen molar-refractivity contribution in [2.75, 3.05) is 6.61 Å². The number of hydrogen-bond acceptors (Lipinski definition) is 3. The molecule has 1 aromatic carbocycles. The van der Waals surface area contributed by atoms with E-state index in [4.69, 9.17) is 13.6 Å². The Hall–Kier alpha value is -1.31. The summed E-state index contributed by atoms with van der Waals surface area (Å²) in [5.74, 6) is 1.96. The van der Waals surface area contributed by atoms with Crippen molar-refractivity contribution in [2.45, 2.75) is 129 Å². The van der Waals surface area contributed by atoms with Gasteiger partial charge in [0.1, 0.15) is 17.6 Å². The summed E-state index contributed by atoms with van der Waals surface area (Å²) in [6.07, 6.45) is 6.71. The third-order valence-electron chi connectivity index (χ3n) is 8.96. The average molecular weight is 531 g/mol. The van der Waals surface area contributed by atoms with E-state index in [0.29, 0.717) is 23.2 Å². The van der Waals surface area contributed by atoms with Gasteiger partial charge in [-0.05, 0) is 73.2 Å². The maximum absolute atomic E-state index is 7.20. The first-order chi connectivity index (χ1) is 16.4. The van der Waals surface area contributed by atoms with Crippen LogP contribution in [0.25, 0.3) is 0 Å². The zero-order valence-corrected chi connectivity index (χ0v) is 27.7. The second-order valence-corrected chi connectivity index (χ2v) is 23.7. The highest BCUT2D eigenvalue weighted by Gasteiger charge is 2.50. The van der Waals surface area contributed by atoms with Gasteiger partial charge in [-0.1, -0.05) is 86.6 Å². The van der Waals surface area contributed by atoms with Gasteiger partial charge in [0.25, 0.3) is 8.32 Å². The van der Waals surface area contributed by atoms with E-state index in [1.165, 1.54) is 11.1 Å². The van der Waals surface area contributed by atoms with Gasteiger partial charge in [-0.2, -0.15) is 0 Å². The molecular weight excluding hydrogens is 477 g/mol. The predicted molar refractivity (Wildman–Crippen MR) is 162 cm³/mol. The van der Waals surface area contributed by atoms with Gasteiger partial charge in [0.15, 0.2) is 8.32 Å². The standard InChI is InChI=1S/C31H54O3Si2/c1-22(2)36(23(3)4,24(5)6)34-28-19-15-18-27-29(28)31(12,26(8)33-27)20-16-17-25(7)21-32-35(13,14)30(9,10)11/h15-20,22-24,26H,21H2,1-14H3/b20-16+,25-17+/t26-,31+/m1/s1. The topological polar surface area (TPSA) is 27.7 Å². The Bertz CT molecular complexity index is 931. The van der Waals surface area contributed by atoms with E-state index in [2.05, 4.69) is 133 Å². The van der Waals surface area contributed by atoms with Gasteiger partial charge >= 0.3 is 0 Å². The lowest BCUT2D eigenvalue weighted by Crippen LogP contribution is -2.51. The van der Waals surface area contributed by atoms with Crippen molar-refractivity contribution >= 4 is 16.6 Å². The van der Waals surface area contributed by atoms with E-state index in [-0.39, 0.29) is 16.6 Å². The zero-order valence-electron chi connectivity index (χ0n) is 25.7. The molecule has 0 saturated heterocycles. The van der Waals surface area contributed by atoms with Crippen molar-refractivity contribution in [1.29, 1.82) is 0 Å². The Kier molecular flexibility index (Phi) is 9.62. The summed E-state index contributed by atoms with van der Waals surface area (Å²) in [6, 6.07) is 6.34. The highest BCUT2D eigenvalue weighted by Crippen LogP contribution is 2.51. The van der Waals surface area contributed by atoms with Crippen LogP contribution in [0, 0.1) is 0 Å². The minimum atomic E-state index is -2.09. The molecular formula is C31H54O3Si2. The Morgan fingerprint density at radius 1 is 1.06 bits per heavy atom. The molecule has 0 unspecified atom stereocenters. The SMILES string of the molecule is C/C(=C\C=C\[C@]1(C)c2c(cccc2O[Si](C(C)C)(C(C)C)C(C)C)O[C@@H]1C)CO[Si](C)(C)C(C)(C)C. The van der Waals surface area contributed by atoms with E-state index in [1.807, 2.05) is 0 Å². The summed E-state index contributed by atoms with van der Waals surface area (Å²) in [6.45, 7) is 32.8. The van der Waals surface area contributed by atoms with E-state index in [1.54, 1.807) is 0 Å². The maximum atomic E-state index is 7.20. The van der Waals surface area contributed by atoms with Crippen LogP contribution < -0.4 is 9.16 Å². The highest BCUT2D eigenvalue weighted by molar-refractivity contribution is 6.78. The van der Waals surface area contributed by atoms with Crippen LogP contribution in [0.3, 0.4) is 0 Å². The van der Waals surface area contributed by atoms with Crippen LogP contribution in [0.1, 0.15) is 88.6 Å². The minimum absolute atomic E-state index is 0.0268. The number of rotatable bonds is 10. The van der Waals surface area contributed by atoms with Crippen molar-refractivity contribution in [3.8, 4) is 11.5 Å². The third-order valence-corrected chi connectivity index (χ3v) is 19.4. The van der Waals surface area contributed by atoms with Crippen molar-refractivity contribution in [3.05, 3.63) is 47.6 Å². The predicted octanol–water partition coefficient (Wildman–Crippen LogP) is 9.80. The van der Waals surface area contributed by atoms with E-state index in [9.17, 15) is 0 Å². The second-order valence-electron chi connectivity index (χ2n) is 13.5. The van der Waals surface area contributed by atoms with Gasteiger partial charge < -0.3 is 13.6 Å². The average Bonchev–Trinajstić information content (AvgIpc) is 2.99. The summed E-state index contributed by atoms with van der Waals surface area (Å²) < 4.78 is 20.0. The van der Waals surface area contributed by atoms with Crippen LogP contribution in [-0.2, 0) is 9.84 Å². The van der Waals surface area contributed by atoms with E-state index < -0.39 is 16.6 Å². The normalized spacial score (nSPS) is 21.6. The lowest BCUT2D eigenvalue weighted by atomic mass is 9.78.